The van der Waals surface area contributed by atoms with Crippen molar-refractivity contribution in [2.45, 2.75) is 58.7 Å². The predicted octanol–water partition coefficient (Wildman–Crippen LogP) is 3.92. The van der Waals surface area contributed by atoms with Crippen LogP contribution in [0, 0.1) is 12.8 Å². The third-order valence-corrected chi connectivity index (χ3v) is 6.38. The standard InChI is InChI=1S/C17H28N2S/c1-12(2)16-11-18-9-5-6-15(18)10-19(16)14(4)17-8-7-13(3)20-17/h7-8,12,14-16H,5-6,9-11H2,1-4H3. The second kappa shape index (κ2) is 5.78. The van der Waals surface area contributed by atoms with Gasteiger partial charge in [-0.2, -0.15) is 0 Å². The monoisotopic (exact) mass is 292 g/mol. The van der Waals surface area contributed by atoms with Crippen molar-refractivity contribution < 1.29 is 0 Å². The van der Waals surface area contributed by atoms with Crippen LogP contribution < -0.4 is 0 Å². The third-order valence-electron chi connectivity index (χ3n) is 5.21. The highest BCUT2D eigenvalue weighted by Crippen LogP contribution is 2.35. The van der Waals surface area contributed by atoms with Crippen LogP contribution in [-0.4, -0.2) is 41.5 Å². The maximum absolute atomic E-state index is 2.79. The first-order chi connectivity index (χ1) is 9.56. The quantitative estimate of drug-likeness (QED) is 0.833. The Morgan fingerprint density at radius 2 is 2.00 bits per heavy atom. The van der Waals surface area contributed by atoms with E-state index < -0.39 is 0 Å². The lowest BCUT2D eigenvalue weighted by atomic mass is 9.95. The van der Waals surface area contributed by atoms with Crippen LogP contribution >= 0.6 is 11.3 Å². The van der Waals surface area contributed by atoms with Gasteiger partial charge in [-0.05, 0) is 51.3 Å². The number of hydrogen-bond donors (Lipinski definition) is 0. The molecule has 0 aliphatic carbocycles. The molecule has 3 heterocycles. The zero-order chi connectivity index (χ0) is 14.3. The minimum absolute atomic E-state index is 0.573. The van der Waals surface area contributed by atoms with Gasteiger partial charge in [0.1, 0.15) is 0 Å². The smallest absolute Gasteiger partial charge is 0.0417 e. The fraction of sp³-hybridized carbons (Fsp3) is 0.765. The van der Waals surface area contributed by atoms with Gasteiger partial charge in [0, 0.05) is 41.0 Å². The van der Waals surface area contributed by atoms with Gasteiger partial charge in [0.25, 0.3) is 0 Å². The summed E-state index contributed by atoms with van der Waals surface area (Å²) >= 11 is 1.97. The normalized spacial score (nSPS) is 29.9. The summed E-state index contributed by atoms with van der Waals surface area (Å²) in [5.74, 6) is 0.736. The van der Waals surface area contributed by atoms with Crippen LogP contribution in [-0.2, 0) is 0 Å². The minimum atomic E-state index is 0.573. The molecule has 0 spiro atoms. The van der Waals surface area contributed by atoms with Crippen LogP contribution in [0.5, 0.6) is 0 Å². The van der Waals surface area contributed by atoms with Gasteiger partial charge in [-0.15, -0.1) is 11.3 Å². The van der Waals surface area contributed by atoms with Crippen molar-refractivity contribution in [1.29, 1.82) is 0 Å². The highest BCUT2D eigenvalue weighted by molar-refractivity contribution is 7.12. The minimum Gasteiger partial charge on any atom is -0.298 e. The molecule has 0 N–H and O–H groups in total. The summed E-state index contributed by atoms with van der Waals surface area (Å²) in [4.78, 5) is 8.52. The Morgan fingerprint density at radius 1 is 1.20 bits per heavy atom. The average Bonchev–Trinajstić information content (AvgIpc) is 3.04. The van der Waals surface area contributed by atoms with Gasteiger partial charge >= 0.3 is 0 Å². The summed E-state index contributed by atoms with van der Waals surface area (Å²) in [7, 11) is 0. The molecule has 2 aliphatic rings. The summed E-state index contributed by atoms with van der Waals surface area (Å²) in [6, 6.07) is 6.70. The van der Waals surface area contributed by atoms with Crippen LogP contribution in [0.25, 0.3) is 0 Å². The van der Waals surface area contributed by atoms with E-state index in [1.54, 1.807) is 4.88 Å². The molecule has 0 amide bonds. The van der Waals surface area contributed by atoms with E-state index in [-0.39, 0.29) is 0 Å². The van der Waals surface area contributed by atoms with Crippen LogP contribution in [0.3, 0.4) is 0 Å². The fourth-order valence-corrected chi connectivity index (χ4v) is 4.90. The molecule has 3 atom stereocenters. The molecule has 1 aromatic rings. The maximum Gasteiger partial charge on any atom is 0.0417 e. The summed E-state index contributed by atoms with van der Waals surface area (Å²) in [5, 5.41) is 0. The van der Waals surface area contributed by atoms with Gasteiger partial charge in [0.2, 0.25) is 0 Å². The number of rotatable bonds is 3. The Morgan fingerprint density at radius 3 is 2.65 bits per heavy atom. The van der Waals surface area contributed by atoms with Crippen molar-refractivity contribution in [1.82, 2.24) is 9.80 Å². The molecule has 112 valence electrons. The highest BCUT2D eigenvalue weighted by atomic mass is 32.1. The second-order valence-electron chi connectivity index (χ2n) is 6.92. The number of hydrogen-bond acceptors (Lipinski definition) is 3. The van der Waals surface area contributed by atoms with E-state index in [2.05, 4.69) is 49.6 Å². The Labute approximate surface area is 127 Å². The van der Waals surface area contributed by atoms with Crippen molar-refractivity contribution in [3.63, 3.8) is 0 Å². The Balaban J connectivity index is 1.81. The van der Waals surface area contributed by atoms with Gasteiger partial charge in [-0.1, -0.05) is 13.8 Å². The number of thiophene rings is 1. The molecule has 0 bridgehead atoms. The SMILES string of the molecule is Cc1ccc(C(C)N2CC3CCCN3CC2C(C)C)s1. The Kier molecular flexibility index (Phi) is 4.21. The predicted molar refractivity (Wildman–Crippen MR) is 87.4 cm³/mol. The number of fused-ring (bicyclic) bond motifs is 1. The Hall–Kier alpha value is -0.380. The van der Waals surface area contributed by atoms with Gasteiger partial charge < -0.3 is 0 Å². The van der Waals surface area contributed by atoms with E-state index in [1.165, 1.54) is 37.4 Å². The topological polar surface area (TPSA) is 6.48 Å². The van der Waals surface area contributed by atoms with Gasteiger partial charge in [-0.25, -0.2) is 0 Å². The van der Waals surface area contributed by atoms with Crippen LogP contribution in [0.4, 0.5) is 0 Å². The van der Waals surface area contributed by atoms with Gasteiger partial charge in [0.15, 0.2) is 0 Å². The molecule has 0 saturated carbocycles. The van der Waals surface area contributed by atoms with Crippen LogP contribution in [0.1, 0.15) is 49.4 Å². The van der Waals surface area contributed by atoms with E-state index >= 15 is 0 Å². The van der Waals surface area contributed by atoms with Crippen molar-refractivity contribution in [2.24, 2.45) is 5.92 Å². The molecule has 2 nitrogen and oxygen atoms in total. The van der Waals surface area contributed by atoms with Gasteiger partial charge in [0.05, 0.1) is 0 Å². The Bertz CT molecular complexity index is 454. The number of piperazine rings is 1. The first-order valence-corrected chi connectivity index (χ1v) is 8.94. The van der Waals surface area contributed by atoms with E-state index in [0.717, 1.165) is 12.0 Å². The number of nitrogens with zero attached hydrogens (tertiary/aromatic N) is 2. The summed E-state index contributed by atoms with van der Waals surface area (Å²) in [6.45, 7) is 13.3. The van der Waals surface area contributed by atoms with E-state index in [1.807, 2.05) is 11.3 Å². The molecule has 3 heteroatoms. The van der Waals surface area contributed by atoms with Crippen molar-refractivity contribution in [2.75, 3.05) is 19.6 Å². The molecule has 3 rings (SSSR count). The molecule has 1 aromatic heterocycles. The van der Waals surface area contributed by atoms with Crippen LogP contribution in [0.15, 0.2) is 12.1 Å². The first kappa shape index (κ1) is 14.6. The lowest BCUT2D eigenvalue weighted by Crippen LogP contribution is -2.58. The first-order valence-electron chi connectivity index (χ1n) is 8.12. The summed E-state index contributed by atoms with van der Waals surface area (Å²) in [5.41, 5.74) is 0. The van der Waals surface area contributed by atoms with Crippen LogP contribution in [0.2, 0.25) is 0 Å². The molecule has 2 saturated heterocycles. The fourth-order valence-electron chi connectivity index (χ4n) is 3.95. The average molecular weight is 292 g/mol. The van der Waals surface area contributed by atoms with E-state index in [9.17, 15) is 0 Å². The van der Waals surface area contributed by atoms with Crippen molar-refractivity contribution >= 4 is 11.3 Å². The second-order valence-corrected chi connectivity index (χ2v) is 8.24. The molecule has 20 heavy (non-hydrogen) atoms. The molecule has 3 unspecified atom stereocenters. The highest BCUT2D eigenvalue weighted by Gasteiger charge is 2.39. The molecular formula is C17H28N2S. The molecule has 2 fully saturated rings. The molecule has 0 radical (unpaired) electrons. The van der Waals surface area contributed by atoms with Crippen molar-refractivity contribution in [3.8, 4) is 0 Å². The lowest BCUT2D eigenvalue weighted by molar-refractivity contribution is 0.00493. The molecule has 2 aliphatic heterocycles. The molecular weight excluding hydrogens is 264 g/mol. The summed E-state index contributed by atoms with van der Waals surface area (Å²) in [6.07, 6.45) is 2.80. The molecule has 0 aromatic carbocycles. The van der Waals surface area contributed by atoms with E-state index in [0.29, 0.717) is 12.1 Å². The maximum atomic E-state index is 2.79. The zero-order valence-corrected chi connectivity index (χ0v) is 14.1. The third kappa shape index (κ3) is 2.68. The lowest BCUT2D eigenvalue weighted by Gasteiger charge is -2.48. The zero-order valence-electron chi connectivity index (χ0n) is 13.3. The largest absolute Gasteiger partial charge is 0.298 e. The summed E-state index contributed by atoms with van der Waals surface area (Å²) < 4.78 is 0. The van der Waals surface area contributed by atoms with Gasteiger partial charge in [-0.3, -0.25) is 9.80 Å². The van der Waals surface area contributed by atoms with Crippen molar-refractivity contribution in [3.05, 3.63) is 21.9 Å². The number of aryl methyl sites for hydroxylation is 1. The van der Waals surface area contributed by atoms with E-state index in [4.69, 9.17) is 0 Å².